The van der Waals surface area contributed by atoms with E-state index in [1.54, 1.807) is 0 Å². The summed E-state index contributed by atoms with van der Waals surface area (Å²) < 4.78 is 15.0. The van der Waals surface area contributed by atoms with Crippen LogP contribution in [0.25, 0.3) is 0 Å². The smallest absolute Gasteiger partial charge is 0.332 e. The summed E-state index contributed by atoms with van der Waals surface area (Å²) in [6.07, 6.45) is 0. The Bertz CT molecular complexity index is 160. The fourth-order valence-electron chi connectivity index (χ4n) is 0.746. The van der Waals surface area contributed by atoms with Gasteiger partial charge in [-0.1, -0.05) is 0 Å². The summed E-state index contributed by atoms with van der Waals surface area (Å²) in [7, 11) is 0. The maximum Gasteiger partial charge on any atom is 0.332 e. The first-order chi connectivity index (χ1) is 6.45. The summed E-state index contributed by atoms with van der Waals surface area (Å²) in [4.78, 5) is 11.1. The summed E-state index contributed by atoms with van der Waals surface area (Å²) in [6.45, 7) is 10.2. The minimum atomic E-state index is -0.454. The largest absolute Gasteiger partial charge is 0.458 e. The molecule has 0 aromatic carbocycles. The molecule has 0 bridgehead atoms. The summed E-state index contributed by atoms with van der Waals surface area (Å²) >= 11 is 0. The number of carbonyl (C=O) groups excluding carboxylic acids is 1. The Morgan fingerprint density at radius 2 is 1.79 bits per heavy atom. The van der Waals surface area contributed by atoms with Gasteiger partial charge in [0.2, 0.25) is 0 Å². The Morgan fingerprint density at radius 3 is 2.29 bits per heavy atom. The van der Waals surface area contributed by atoms with Crippen LogP contribution >= 0.6 is 0 Å². The van der Waals surface area contributed by atoms with Gasteiger partial charge in [0.15, 0.2) is 0 Å². The van der Waals surface area contributed by atoms with Gasteiger partial charge in [0.25, 0.3) is 0 Å². The Kier molecular flexibility index (Phi) is 6.49. The van der Waals surface area contributed by atoms with E-state index in [0.29, 0.717) is 19.8 Å². The maximum absolute atomic E-state index is 11.1. The Balaban J connectivity index is 3.36. The second-order valence-electron chi connectivity index (χ2n) is 3.75. The fraction of sp³-hybridized carbons (Fsp3) is 0.800. The molecule has 4 nitrogen and oxygen atoms in total. The van der Waals surface area contributed by atoms with Crippen molar-refractivity contribution in [2.45, 2.75) is 26.4 Å². The predicted molar refractivity (Wildman–Crippen MR) is 52.8 cm³/mol. The molecule has 14 heavy (non-hydrogen) atoms. The van der Waals surface area contributed by atoms with Crippen molar-refractivity contribution >= 4 is 5.97 Å². The van der Waals surface area contributed by atoms with Crippen LogP contribution in [0.4, 0.5) is 0 Å². The molecule has 0 heterocycles. The van der Waals surface area contributed by atoms with Crippen LogP contribution < -0.4 is 0 Å². The van der Waals surface area contributed by atoms with E-state index in [2.05, 4.69) is 6.92 Å². The molecular weight excluding hydrogens is 184 g/mol. The average molecular weight is 203 g/mol. The lowest BCUT2D eigenvalue weighted by molar-refractivity contribution is -0.160. The second-order valence-corrected chi connectivity index (χ2v) is 3.75. The van der Waals surface area contributed by atoms with Crippen LogP contribution in [0.1, 0.15) is 20.8 Å². The van der Waals surface area contributed by atoms with Crippen LogP contribution in [0.2, 0.25) is 0 Å². The normalized spacial score (nSPS) is 11.4. The zero-order chi connectivity index (χ0) is 11.0. The highest BCUT2D eigenvalue weighted by Gasteiger charge is 2.15. The highest BCUT2D eigenvalue weighted by atomic mass is 16.6. The van der Waals surface area contributed by atoms with Gasteiger partial charge in [0, 0.05) is 6.61 Å². The molecule has 0 rings (SSSR count). The van der Waals surface area contributed by atoms with E-state index in [9.17, 15) is 4.79 Å². The molecule has 0 aromatic heterocycles. The van der Waals surface area contributed by atoms with Gasteiger partial charge in [0.05, 0.1) is 13.2 Å². The quantitative estimate of drug-likeness (QED) is 0.480. The van der Waals surface area contributed by atoms with Crippen LogP contribution in [0.15, 0.2) is 0 Å². The van der Waals surface area contributed by atoms with E-state index in [-0.39, 0.29) is 12.6 Å². The topological polar surface area (TPSA) is 44.8 Å². The van der Waals surface area contributed by atoms with Crippen molar-refractivity contribution in [3.8, 4) is 0 Å². The van der Waals surface area contributed by atoms with Gasteiger partial charge in [-0.2, -0.15) is 0 Å². The Labute approximate surface area is 85.5 Å². The van der Waals surface area contributed by atoms with Crippen molar-refractivity contribution in [1.82, 2.24) is 0 Å². The van der Waals surface area contributed by atoms with Gasteiger partial charge in [-0.3, -0.25) is 0 Å². The van der Waals surface area contributed by atoms with E-state index >= 15 is 0 Å². The van der Waals surface area contributed by atoms with Crippen LogP contribution in [0, 0.1) is 6.92 Å². The Morgan fingerprint density at radius 1 is 1.21 bits per heavy atom. The molecule has 0 spiro atoms. The number of rotatable bonds is 6. The SMILES string of the molecule is [CH2]COCCOCC(=O)OC(C)(C)C. The summed E-state index contributed by atoms with van der Waals surface area (Å²) in [5, 5.41) is 0. The highest BCUT2D eigenvalue weighted by Crippen LogP contribution is 2.06. The number of hydrogen-bond donors (Lipinski definition) is 0. The van der Waals surface area contributed by atoms with Gasteiger partial charge in [-0.05, 0) is 27.7 Å². The minimum absolute atomic E-state index is 0.0300. The first kappa shape index (κ1) is 13.4. The van der Waals surface area contributed by atoms with Crippen LogP contribution in [-0.2, 0) is 19.0 Å². The lowest BCUT2D eigenvalue weighted by atomic mass is 10.2. The van der Waals surface area contributed by atoms with E-state index < -0.39 is 5.60 Å². The van der Waals surface area contributed by atoms with Crippen molar-refractivity contribution in [2.24, 2.45) is 0 Å². The van der Waals surface area contributed by atoms with E-state index in [1.807, 2.05) is 20.8 Å². The third-order valence-corrected chi connectivity index (χ3v) is 1.16. The summed E-state index contributed by atoms with van der Waals surface area (Å²) in [5.74, 6) is -0.355. The molecule has 0 saturated heterocycles. The third kappa shape index (κ3) is 9.48. The number of ether oxygens (including phenoxy) is 3. The lowest BCUT2D eigenvalue weighted by Gasteiger charge is -2.19. The molecule has 4 heteroatoms. The summed E-state index contributed by atoms with van der Waals surface area (Å²) in [5.41, 5.74) is -0.454. The molecule has 0 unspecified atom stereocenters. The van der Waals surface area contributed by atoms with E-state index in [1.165, 1.54) is 0 Å². The number of carbonyl (C=O) groups is 1. The van der Waals surface area contributed by atoms with Crippen molar-refractivity contribution < 1.29 is 19.0 Å². The van der Waals surface area contributed by atoms with Gasteiger partial charge in [-0.25, -0.2) is 4.79 Å². The number of hydrogen-bond acceptors (Lipinski definition) is 4. The number of esters is 1. The van der Waals surface area contributed by atoms with Crippen molar-refractivity contribution in [3.63, 3.8) is 0 Å². The van der Waals surface area contributed by atoms with Crippen molar-refractivity contribution in [3.05, 3.63) is 6.92 Å². The van der Waals surface area contributed by atoms with Crippen LogP contribution in [0.3, 0.4) is 0 Å². The molecule has 0 aliphatic heterocycles. The lowest BCUT2D eigenvalue weighted by Crippen LogP contribution is -2.26. The highest BCUT2D eigenvalue weighted by molar-refractivity contribution is 5.71. The summed E-state index contributed by atoms with van der Waals surface area (Å²) in [6, 6.07) is 0. The van der Waals surface area contributed by atoms with Gasteiger partial charge >= 0.3 is 5.97 Å². The average Bonchev–Trinajstić information content (AvgIpc) is 2.00. The molecule has 1 radical (unpaired) electrons. The molecular formula is C10H19O4. The molecule has 0 amide bonds. The molecule has 83 valence electrons. The van der Waals surface area contributed by atoms with Gasteiger partial charge < -0.3 is 14.2 Å². The molecule has 0 atom stereocenters. The van der Waals surface area contributed by atoms with Crippen LogP contribution in [-0.4, -0.2) is 38.0 Å². The molecule has 0 aromatic rings. The fourth-order valence-corrected chi connectivity index (χ4v) is 0.746. The second kappa shape index (κ2) is 6.79. The van der Waals surface area contributed by atoms with Crippen molar-refractivity contribution in [1.29, 1.82) is 0 Å². The van der Waals surface area contributed by atoms with E-state index in [4.69, 9.17) is 14.2 Å². The minimum Gasteiger partial charge on any atom is -0.458 e. The standard InChI is InChI=1S/C10H19O4/c1-5-12-6-7-13-8-9(11)14-10(2,3)4/h1,5-8H2,2-4H3. The first-order valence-corrected chi connectivity index (χ1v) is 4.62. The van der Waals surface area contributed by atoms with Gasteiger partial charge in [-0.15, -0.1) is 0 Å². The van der Waals surface area contributed by atoms with Crippen molar-refractivity contribution in [2.75, 3.05) is 26.4 Å². The Hall–Kier alpha value is -0.610. The van der Waals surface area contributed by atoms with E-state index in [0.717, 1.165) is 0 Å². The third-order valence-electron chi connectivity index (χ3n) is 1.16. The maximum atomic E-state index is 11.1. The molecule has 0 aliphatic rings. The monoisotopic (exact) mass is 203 g/mol. The molecule has 0 saturated carbocycles. The van der Waals surface area contributed by atoms with Gasteiger partial charge in [0.1, 0.15) is 12.2 Å². The first-order valence-electron chi connectivity index (χ1n) is 4.62. The van der Waals surface area contributed by atoms with Crippen LogP contribution in [0.5, 0.6) is 0 Å². The molecule has 0 N–H and O–H groups in total. The molecule has 0 aliphatic carbocycles. The molecule has 0 fully saturated rings. The zero-order valence-corrected chi connectivity index (χ0v) is 9.17. The zero-order valence-electron chi connectivity index (χ0n) is 9.17. The predicted octanol–water partition coefficient (Wildman–Crippen LogP) is 1.20.